The Hall–Kier alpha value is -1.32. The Morgan fingerprint density at radius 3 is 2.04 bits per heavy atom. The standard InChI is InChI=1S/C18H23ClNO3P/c1-13(2)23-24(22,17-11-9-16(10-12-17)20(3)4)18(21)14-5-7-15(19)8-6-14/h5-13,18,21H,1-4H3/t18-,24+/m1/s1. The van der Waals surface area contributed by atoms with E-state index in [-0.39, 0.29) is 6.10 Å². The van der Waals surface area contributed by atoms with Crippen molar-refractivity contribution in [1.82, 2.24) is 0 Å². The van der Waals surface area contributed by atoms with Crippen molar-refractivity contribution in [2.45, 2.75) is 25.8 Å². The Bertz CT molecular complexity index is 714. The highest BCUT2D eigenvalue weighted by atomic mass is 35.5. The molecule has 0 aliphatic rings. The van der Waals surface area contributed by atoms with Crippen LogP contribution in [0.2, 0.25) is 5.02 Å². The molecule has 0 radical (unpaired) electrons. The van der Waals surface area contributed by atoms with Crippen LogP contribution < -0.4 is 10.2 Å². The molecular formula is C18H23ClNO3P. The minimum Gasteiger partial charge on any atom is -0.378 e. The van der Waals surface area contributed by atoms with E-state index in [1.165, 1.54) is 0 Å². The fourth-order valence-electron chi connectivity index (χ4n) is 2.36. The number of hydrogen-bond donors (Lipinski definition) is 1. The second kappa shape index (κ2) is 7.71. The Labute approximate surface area is 148 Å². The predicted molar refractivity (Wildman–Crippen MR) is 101 cm³/mol. The van der Waals surface area contributed by atoms with Gasteiger partial charge in [-0.05, 0) is 55.8 Å². The molecule has 2 aromatic carbocycles. The summed E-state index contributed by atoms with van der Waals surface area (Å²) in [7, 11) is 0.353. The Morgan fingerprint density at radius 1 is 1.04 bits per heavy atom. The van der Waals surface area contributed by atoms with E-state index >= 15 is 0 Å². The fourth-order valence-corrected chi connectivity index (χ4v) is 4.76. The molecular weight excluding hydrogens is 345 g/mol. The molecule has 0 aliphatic heterocycles. The lowest BCUT2D eigenvalue weighted by Crippen LogP contribution is -2.18. The molecule has 0 amide bonds. The lowest BCUT2D eigenvalue weighted by atomic mass is 10.2. The highest BCUT2D eigenvalue weighted by Gasteiger charge is 2.37. The van der Waals surface area contributed by atoms with E-state index in [9.17, 15) is 9.67 Å². The summed E-state index contributed by atoms with van der Waals surface area (Å²) in [6, 6.07) is 13.9. The van der Waals surface area contributed by atoms with Gasteiger partial charge in [0.25, 0.3) is 7.37 Å². The van der Waals surface area contributed by atoms with Gasteiger partial charge in [0.15, 0.2) is 5.85 Å². The van der Waals surface area contributed by atoms with E-state index in [0.29, 0.717) is 15.9 Å². The summed E-state index contributed by atoms with van der Waals surface area (Å²) < 4.78 is 19.3. The second-order valence-electron chi connectivity index (χ2n) is 6.09. The lowest BCUT2D eigenvalue weighted by Gasteiger charge is -2.27. The van der Waals surface area contributed by atoms with Crippen LogP contribution in [0.3, 0.4) is 0 Å². The second-order valence-corrected chi connectivity index (χ2v) is 8.93. The molecule has 130 valence electrons. The van der Waals surface area contributed by atoms with Crippen LogP contribution in [0.5, 0.6) is 0 Å². The molecule has 0 unspecified atom stereocenters. The van der Waals surface area contributed by atoms with Crippen LogP contribution in [0.1, 0.15) is 25.3 Å². The first-order valence-corrected chi connectivity index (χ1v) is 9.81. The van der Waals surface area contributed by atoms with Gasteiger partial charge >= 0.3 is 0 Å². The van der Waals surface area contributed by atoms with Crippen molar-refractivity contribution in [3.8, 4) is 0 Å². The average molecular weight is 368 g/mol. The number of hydrogen-bond acceptors (Lipinski definition) is 4. The normalized spacial score (nSPS) is 15.1. The molecule has 0 spiro atoms. The molecule has 0 fully saturated rings. The highest BCUT2D eigenvalue weighted by Crippen LogP contribution is 2.58. The largest absolute Gasteiger partial charge is 0.378 e. The number of aliphatic hydroxyl groups excluding tert-OH is 1. The zero-order valence-corrected chi connectivity index (χ0v) is 16.0. The van der Waals surface area contributed by atoms with Gasteiger partial charge in [-0.2, -0.15) is 0 Å². The summed E-state index contributed by atoms with van der Waals surface area (Å²) in [5.74, 6) is -1.25. The van der Waals surface area contributed by atoms with Gasteiger partial charge in [0, 0.05) is 30.1 Å². The molecule has 0 aromatic heterocycles. The molecule has 6 heteroatoms. The van der Waals surface area contributed by atoms with Gasteiger partial charge in [-0.15, -0.1) is 0 Å². The molecule has 24 heavy (non-hydrogen) atoms. The van der Waals surface area contributed by atoms with Crippen LogP contribution in [0, 0.1) is 0 Å². The van der Waals surface area contributed by atoms with Gasteiger partial charge in [0.1, 0.15) is 0 Å². The molecule has 1 N–H and O–H groups in total. The molecule has 0 bridgehead atoms. The van der Waals surface area contributed by atoms with Crippen molar-refractivity contribution >= 4 is 30.0 Å². The average Bonchev–Trinajstić information content (AvgIpc) is 2.54. The summed E-state index contributed by atoms with van der Waals surface area (Å²) in [6.07, 6.45) is -0.286. The van der Waals surface area contributed by atoms with Crippen molar-refractivity contribution in [1.29, 1.82) is 0 Å². The predicted octanol–water partition coefficient (Wildman–Crippen LogP) is 4.43. The monoisotopic (exact) mass is 367 g/mol. The maximum Gasteiger partial charge on any atom is 0.264 e. The summed E-state index contributed by atoms with van der Waals surface area (Å²) in [4.78, 5) is 1.95. The van der Waals surface area contributed by atoms with Crippen LogP contribution >= 0.6 is 19.0 Å². The smallest absolute Gasteiger partial charge is 0.264 e. The summed E-state index contributed by atoms with van der Waals surface area (Å²) in [5, 5.41) is 11.8. The molecule has 0 heterocycles. The van der Waals surface area contributed by atoms with Gasteiger partial charge in [-0.25, -0.2) is 0 Å². The Kier molecular flexibility index (Phi) is 6.11. The van der Waals surface area contributed by atoms with Gasteiger partial charge in [0.2, 0.25) is 0 Å². The van der Waals surface area contributed by atoms with E-state index in [2.05, 4.69) is 0 Å². The lowest BCUT2D eigenvalue weighted by molar-refractivity contribution is 0.189. The third-order valence-electron chi connectivity index (χ3n) is 3.58. The summed E-state index contributed by atoms with van der Waals surface area (Å²) >= 11 is 5.89. The number of nitrogens with zero attached hydrogens (tertiary/aromatic N) is 1. The molecule has 0 saturated heterocycles. The quantitative estimate of drug-likeness (QED) is 0.767. The SMILES string of the molecule is CC(C)O[P@@](=O)(c1ccc(N(C)C)cc1)[C@@H](O)c1ccc(Cl)cc1. The third-order valence-corrected chi connectivity index (χ3v) is 6.53. The van der Waals surface area contributed by atoms with E-state index in [1.54, 1.807) is 50.2 Å². The van der Waals surface area contributed by atoms with Crippen molar-refractivity contribution in [3.05, 3.63) is 59.1 Å². The van der Waals surface area contributed by atoms with E-state index < -0.39 is 13.2 Å². The Morgan fingerprint density at radius 2 is 1.58 bits per heavy atom. The van der Waals surface area contributed by atoms with Crippen molar-refractivity contribution in [2.75, 3.05) is 19.0 Å². The van der Waals surface area contributed by atoms with E-state index in [1.807, 2.05) is 31.1 Å². The third kappa shape index (κ3) is 4.20. The zero-order chi connectivity index (χ0) is 17.9. The number of benzene rings is 2. The van der Waals surface area contributed by atoms with Gasteiger partial charge in [0.05, 0.1) is 6.10 Å². The van der Waals surface area contributed by atoms with Crippen LogP contribution in [-0.2, 0) is 9.09 Å². The molecule has 4 nitrogen and oxygen atoms in total. The van der Waals surface area contributed by atoms with Crippen LogP contribution in [0.25, 0.3) is 0 Å². The molecule has 0 saturated carbocycles. The van der Waals surface area contributed by atoms with Crippen LogP contribution in [-0.4, -0.2) is 25.3 Å². The first-order chi connectivity index (χ1) is 11.2. The number of halogens is 1. The fraction of sp³-hybridized carbons (Fsp3) is 0.333. The van der Waals surface area contributed by atoms with E-state index in [4.69, 9.17) is 16.1 Å². The van der Waals surface area contributed by atoms with Crippen molar-refractivity contribution < 1.29 is 14.2 Å². The molecule has 2 rings (SSSR count). The number of aliphatic hydroxyl groups is 1. The van der Waals surface area contributed by atoms with Gasteiger partial charge in [-0.1, -0.05) is 23.7 Å². The number of rotatable bonds is 6. The first-order valence-electron chi connectivity index (χ1n) is 7.73. The van der Waals surface area contributed by atoms with Crippen LogP contribution in [0.4, 0.5) is 5.69 Å². The number of anilines is 1. The summed E-state index contributed by atoms with van der Waals surface area (Å²) in [5.41, 5.74) is 1.50. The van der Waals surface area contributed by atoms with Gasteiger partial charge in [-0.3, -0.25) is 4.57 Å². The minimum absolute atomic E-state index is 0.286. The van der Waals surface area contributed by atoms with Gasteiger partial charge < -0.3 is 14.5 Å². The van der Waals surface area contributed by atoms with Crippen molar-refractivity contribution in [2.24, 2.45) is 0 Å². The summed E-state index contributed by atoms with van der Waals surface area (Å²) in [6.45, 7) is 3.60. The highest BCUT2D eigenvalue weighted by molar-refractivity contribution is 7.67. The molecule has 2 atom stereocenters. The van der Waals surface area contributed by atoms with Crippen LogP contribution in [0.15, 0.2) is 48.5 Å². The zero-order valence-electron chi connectivity index (χ0n) is 14.3. The maximum absolute atomic E-state index is 13.6. The minimum atomic E-state index is -3.51. The topological polar surface area (TPSA) is 49.8 Å². The molecule has 2 aromatic rings. The maximum atomic E-state index is 13.6. The molecule has 0 aliphatic carbocycles. The van der Waals surface area contributed by atoms with Crippen molar-refractivity contribution in [3.63, 3.8) is 0 Å². The van der Waals surface area contributed by atoms with E-state index in [0.717, 1.165) is 5.69 Å². The Balaban J connectivity index is 2.45. The first kappa shape index (κ1) is 19.0.